The highest BCUT2D eigenvalue weighted by atomic mass is 16.5. The predicted octanol–water partition coefficient (Wildman–Crippen LogP) is 2.87. The summed E-state index contributed by atoms with van der Waals surface area (Å²) in [4.78, 5) is 14.7. The monoisotopic (exact) mass is 328 g/mol. The molecule has 1 saturated carbocycles. The lowest BCUT2D eigenvalue weighted by Gasteiger charge is -2.44. The Kier molecular flexibility index (Phi) is 4.59. The van der Waals surface area contributed by atoms with Crippen molar-refractivity contribution in [2.75, 3.05) is 13.2 Å². The maximum absolute atomic E-state index is 12.5. The fraction of sp³-hybridized carbons (Fsp3) is 0.650. The first-order chi connectivity index (χ1) is 11.8. The lowest BCUT2D eigenvalue weighted by atomic mass is 9.77. The maximum Gasteiger partial charge on any atom is 0.223 e. The molecule has 1 spiro atoms. The van der Waals surface area contributed by atoms with Crippen molar-refractivity contribution in [3.05, 3.63) is 35.9 Å². The minimum Gasteiger partial charge on any atom is -0.380 e. The van der Waals surface area contributed by atoms with Gasteiger partial charge in [-0.2, -0.15) is 0 Å². The van der Waals surface area contributed by atoms with E-state index in [1.165, 1.54) is 18.4 Å². The molecule has 1 atom stereocenters. The van der Waals surface area contributed by atoms with Gasteiger partial charge < -0.3 is 15.0 Å². The minimum absolute atomic E-state index is 0.108. The number of nitrogens with one attached hydrogen (secondary N) is 1. The van der Waals surface area contributed by atoms with E-state index in [-0.39, 0.29) is 5.54 Å². The van der Waals surface area contributed by atoms with Crippen molar-refractivity contribution in [1.29, 1.82) is 0 Å². The van der Waals surface area contributed by atoms with E-state index in [9.17, 15) is 4.79 Å². The molecular weight excluding hydrogens is 300 g/mol. The van der Waals surface area contributed by atoms with Crippen molar-refractivity contribution >= 4 is 5.91 Å². The third-order valence-electron chi connectivity index (χ3n) is 6.18. The second-order valence-electron chi connectivity index (χ2n) is 7.69. The zero-order valence-electron chi connectivity index (χ0n) is 14.4. The van der Waals surface area contributed by atoms with Gasteiger partial charge in [-0.1, -0.05) is 30.3 Å². The largest absolute Gasteiger partial charge is 0.380 e. The summed E-state index contributed by atoms with van der Waals surface area (Å²) in [6.07, 6.45) is 7.53. The van der Waals surface area contributed by atoms with E-state index < -0.39 is 0 Å². The number of carbonyl (C=O) groups is 1. The summed E-state index contributed by atoms with van der Waals surface area (Å²) >= 11 is 0. The molecule has 130 valence electrons. The van der Waals surface area contributed by atoms with Gasteiger partial charge in [-0.25, -0.2) is 0 Å². The smallest absolute Gasteiger partial charge is 0.223 e. The molecule has 1 amide bonds. The Morgan fingerprint density at radius 2 is 1.88 bits per heavy atom. The zero-order chi connectivity index (χ0) is 16.4. The van der Waals surface area contributed by atoms with Gasteiger partial charge in [0.25, 0.3) is 0 Å². The second kappa shape index (κ2) is 6.85. The molecular formula is C20H28N2O2. The zero-order valence-corrected chi connectivity index (χ0v) is 14.4. The first-order valence-corrected chi connectivity index (χ1v) is 9.43. The van der Waals surface area contributed by atoms with E-state index in [2.05, 4.69) is 34.5 Å². The van der Waals surface area contributed by atoms with E-state index >= 15 is 0 Å². The lowest BCUT2D eigenvalue weighted by Crippen LogP contribution is -2.51. The number of carbonyl (C=O) groups excluding carboxylic acids is 1. The number of rotatable bonds is 4. The summed E-state index contributed by atoms with van der Waals surface area (Å²) < 4.78 is 5.47. The summed E-state index contributed by atoms with van der Waals surface area (Å²) in [6.45, 7) is 2.53. The Bertz CT molecular complexity index is 560. The highest BCUT2D eigenvalue weighted by molar-refractivity contribution is 5.79. The van der Waals surface area contributed by atoms with Crippen LogP contribution in [-0.2, 0) is 16.1 Å². The summed E-state index contributed by atoms with van der Waals surface area (Å²) in [6, 6.07) is 11.6. The number of amides is 1. The standard InChI is InChI=1S/C20H28N2O2/c23-19-8-12-20(22(19)14-16-4-2-1-3-5-16)10-6-17(7-11-20)21-18-9-13-24-15-18/h1-5,17-18,21H,6-15H2. The Morgan fingerprint density at radius 3 is 2.58 bits per heavy atom. The highest BCUT2D eigenvalue weighted by Crippen LogP contribution is 2.43. The van der Waals surface area contributed by atoms with Gasteiger partial charge in [0.15, 0.2) is 0 Å². The van der Waals surface area contributed by atoms with Crippen LogP contribution in [-0.4, -0.2) is 41.6 Å². The first kappa shape index (κ1) is 16.1. The van der Waals surface area contributed by atoms with Crippen LogP contribution in [0.25, 0.3) is 0 Å². The molecule has 2 aliphatic heterocycles. The Balaban J connectivity index is 1.39. The van der Waals surface area contributed by atoms with Gasteiger partial charge in [-0.3, -0.25) is 4.79 Å². The van der Waals surface area contributed by atoms with Crippen molar-refractivity contribution in [1.82, 2.24) is 10.2 Å². The second-order valence-corrected chi connectivity index (χ2v) is 7.69. The van der Waals surface area contributed by atoms with Crippen LogP contribution >= 0.6 is 0 Å². The Labute approximate surface area is 144 Å². The van der Waals surface area contributed by atoms with Crippen molar-refractivity contribution in [3.63, 3.8) is 0 Å². The number of hydrogen-bond donors (Lipinski definition) is 1. The van der Waals surface area contributed by atoms with Crippen molar-refractivity contribution in [3.8, 4) is 0 Å². The van der Waals surface area contributed by atoms with Crippen molar-refractivity contribution in [2.45, 2.75) is 69.1 Å². The van der Waals surface area contributed by atoms with Crippen molar-refractivity contribution in [2.24, 2.45) is 0 Å². The van der Waals surface area contributed by atoms with Crippen LogP contribution < -0.4 is 5.32 Å². The van der Waals surface area contributed by atoms with Crippen LogP contribution in [0.5, 0.6) is 0 Å². The molecule has 1 aromatic rings. The summed E-state index contributed by atoms with van der Waals surface area (Å²) in [5.74, 6) is 0.342. The van der Waals surface area contributed by atoms with Gasteiger partial charge >= 0.3 is 0 Å². The molecule has 3 aliphatic rings. The quantitative estimate of drug-likeness (QED) is 0.924. The molecule has 24 heavy (non-hydrogen) atoms. The molecule has 1 N–H and O–H groups in total. The normalized spacial score (nSPS) is 33.5. The average molecular weight is 328 g/mol. The minimum atomic E-state index is 0.108. The number of nitrogens with zero attached hydrogens (tertiary/aromatic N) is 1. The topological polar surface area (TPSA) is 41.6 Å². The fourth-order valence-electron chi connectivity index (χ4n) is 4.74. The number of benzene rings is 1. The van der Waals surface area contributed by atoms with Gasteiger partial charge in [0.05, 0.1) is 6.61 Å². The molecule has 4 nitrogen and oxygen atoms in total. The van der Waals surface area contributed by atoms with Crippen LogP contribution in [0.4, 0.5) is 0 Å². The number of ether oxygens (including phenoxy) is 1. The Morgan fingerprint density at radius 1 is 1.08 bits per heavy atom. The van der Waals surface area contributed by atoms with Gasteiger partial charge in [-0.05, 0) is 44.1 Å². The average Bonchev–Trinajstić information content (AvgIpc) is 3.22. The molecule has 1 unspecified atom stereocenters. The summed E-state index contributed by atoms with van der Waals surface area (Å²) in [5, 5.41) is 3.77. The number of likely N-dealkylation sites (tertiary alicyclic amines) is 1. The molecule has 0 radical (unpaired) electrons. The molecule has 0 bridgehead atoms. The summed E-state index contributed by atoms with van der Waals surface area (Å²) in [7, 11) is 0. The molecule has 2 saturated heterocycles. The third-order valence-corrected chi connectivity index (χ3v) is 6.18. The van der Waals surface area contributed by atoms with Gasteiger partial charge in [0, 0.05) is 37.2 Å². The van der Waals surface area contributed by atoms with Gasteiger partial charge in [0.2, 0.25) is 5.91 Å². The fourth-order valence-corrected chi connectivity index (χ4v) is 4.74. The van der Waals surface area contributed by atoms with Crippen LogP contribution in [0.15, 0.2) is 30.3 Å². The van der Waals surface area contributed by atoms with E-state index in [1.807, 2.05) is 6.07 Å². The lowest BCUT2D eigenvalue weighted by molar-refractivity contribution is -0.133. The summed E-state index contributed by atoms with van der Waals surface area (Å²) in [5.41, 5.74) is 1.35. The van der Waals surface area contributed by atoms with Crippen molar-refractivity contribution < 1.29 is 9.53 Å². The SMILES string of the molecule is O=C1CCC2(CCC(NC3CCOC3)CC2)N1Cc1ccccc1. The van der Waals surface area contributed by atoms with Crippen LogP contribution in [0, 0.1) is 0 Å². The highest BCUT2D eigenvalue weighted by Gasteiger charge is 2.47. The van der Waals surface area contributed by atoms with Gasteiger partial charge in [0.1, 0.15) is 0 Å². The molecule has 3 fully saturated rings. The van der Waals surface area contributed by atoms with E-state index in [0.717, 1.165) is 51.9 Å². The van der Waals surface area contributed by atoms with Crippen LogP contribution in [0.1, 0.15) is 50.5 Å². The Hall–Kier alpha value is -1.39. The van der Waals surface area contributed by atoms with E-state index in [4.69, 9.17) is 4.74 Å². The first-order valence-electron chi connectivity index (χ1n) is 9.43. The van der Waals surface area contributed by atoms with E-state index in [0.29, 0.717) is 18.0 Å². The molecule has 1 aliphatic carbocycles. The maximum atomic E-state index is 12.5. The predicted molar refractivity (Wildman–Crippen MR) is 93.6 cm³/mol. The molecule has 4 rings (SSSR count). The number of hydrogen-bond acceptors (Lipinski definition) is 3. The molecule has 0 aromatic heterocycles. The van der Waals surface area contributed by atoms with Crippen LogP contribution in [0.2, 0.25) is 0 Å². The van der Waals surface area contributed by atoms with E-state index in [1.54, 1.807) is 0 Å². The molecule has 1 aromatic carbocycles. The van der Waals surface area contributed by atoms with Crippen LogP contribution in [0.3, 0.4) is 0 Å². The third kappa shape index (κ3) is 3.22. The van der Waals surface area contributed by atoms with Gasteiger partial charge in [-0.15, -0.1) is 0 Å². The molecule has 4 heteroatoms. The molecule has 2 heterocycles.